The molecule has 0 amide bonds. The molecule has 0 saturated heterocycles. The van der Waals surface area contributed by atoms with E-state index in [0.717, 1.165) is 21.9 Å². The SMILES string of the molecule is COc1ccc2c(c1)c(=O)oc1c(C)c(O[C@H](C)c3ccccc3)ccc12. The molecule has 1 aromatic heterocycles. The Morgan fingerprint density at radius 1 is 0.926 bits per heavy atom. The van der Waals surface area contributed by atoms with Crippen LogP contribution in [0.4, 0.5) is 0 Å². The van der Waals surface area contributed by atoms with Crippen LogP contribution in [0.25, 0.3) is 21.7 Å². The molecule has 1 atom stereocenters. The first kappa shape index (κ1) is 17.2. The van der Waals surface area contributed by atoms with Gasteiger partial charge in [-0.2, -0.15) is 0 Å². The van der Waals surface area contributed by atoms with Crippen LogP contribution in [0.2, 0.25) is 0 Å². The van der Waals surface area contributed by atoms with Crippen LogP contribution in [-0.2, 0) is 0 Å². The van der Waals surface area contributed by atoms with Crippen molar-refractivity contribution >= 4 is 21.7 Å². The second kappa shape index (κ2) is 6.80. The van der Waals surface area contributed by atoms with Gasteiger partial charge in [0.2, 0.25) is 0 Å². The largest absolute Gasteiger partial charge is 0.497 e. The predicted molar refractivity (Wildman–Crippen MR) is 107 cm³/mol. The minimum atomic E-state index is -0.382. The van der Waals surface area contributed by atoms with Gasteiger partial charge in [-0.1, -0.05) is 30.3 Å². The molecule has 27 heavy (non-hydrogen) atoms. The number of methoxy groups -OCH3 is 1. The summed E-state index contributed by atoms with van der Waals surface area (Å²) in [6.07, 6.45) is -0.112. The number of rotatable bonds is 4. The molecule has 0 bridgehead atoms. The van der Waals surface area contributed by atoms with E-state index in [1.54, 1.807) is 13.2 Å². The Morgan fingerprint density at radius 2 is 1.67 bits per heavy atom. The summed E-state index contributed by atoms with van der Waals surface area (Å²) in [5, 5.41) is 2.23. The van der Waals surface area contributed by atoms with Gasteiger partial charge in [0.05, 0.1) is 12.5 Å². The molecule has 4 aromatic rings. The highest BCUT2D eigenvalue weighted by atomic mass is 16.5. The molecule has 4 heteroatoms. The van der Waals surface area contributed by atoms with Crippen LogP contribution < -0.4 is 15.1 Å². The van der Waals surface area contributed by atoms with Gasteiger partial charge < -0.3 is 13.9 Å². The summed E-state index contributed by atoms with van der Waals surface area (Å²) in [4.78, 5) is 12.5. The minimum Gasteiger partial charge on any atom is -0.497 e. The van der Waals surface area contributed by atoms with E-state index in [2.05, 4.69) is 0 Å². The smallest absolute Gasteiger partial charge is 0.344 e. The zero-order chi connectivity index (χ0) is 19.0. The van der Waals surface area contributed by atoms with Crippen LogP contribution >= 0.6 is 0 Å². The Kier molecular flexibility index (Phi) is 4.32. The topological polar surface area (TPSA) is 48.7 Å². The van der Waals surface area contributed by atoms with Gasteiger partial charge in [0.15, 0.2) is 0 Å². The molecule has 0 unspecified atom stereocenters. The molecule has 3 aromatic carbocycles. The maximum absolute atomic E-state index is 12.5. The standard InChI is InChI=1S/C23H20O4/c1-14-21(26-15(2)16-7-5-4-6-8-16)12-11-19-18-10-9-17(25-3)13-20(18)23(24)27-22(14)19/h4-13,15H,1-3H3/t15-/m1/s1. The zero-order valence-corrected chi connectivity index (χ0v) is 15.5. The Labute approximate surface area is 157 Å². The highest BCUT2D eigenvalue weighted by molar-refractivity contribution is 6.05. The first-order chi connectivity index (χ1) is 13.1. The van der Waals surface area contributed by atoms with E-state index in [9.17, 15) is 4.79 Å². The zero-order valence-electron chi connectivity index (χ0n) is 15.5. The maximum Gasteiger partial charge on any atom is 0.344 e. The molecule has 0 aliphatic heterocycles. The van der Waals surface area contributed by atoms with Crippen molar-refractivity contribution in [2.75, 3.05) is 7.11 Å². The quantitative estimate of drug-likeness (QED) is 0.361. The van der Waals surface area contributed by atoms with E-state index < -0.39 is 0 Å². The lowest BCUT2D eigenvalue weighted by Gasteiger charge is -2.17. The van der Waals surface area contributed by atoms with Crippen molar-refractivity contribution in [3.05, 3.63) is 82.2 Å². The number of hydrogen-bond donors (Lipinski definition) is 0. The first-order valence-corrected chi connectivity index (χ1v) is 8.84. The molecule has 0 aliphatic rings. The highest BCUT2D eigenvalue weighted by Crippen LogP contribution is 2.33. The van der Waals surface area contributed by atoms with Gasteiger partial charge in [0.25, 0.3) is 0 Å². The fourth-order valence-electron chi connectivity index (χ4n) is 3.33. The molecule has 0 aliphatic carbocycles. The van der Waals surface area contributed by atoms with Crippen LogP contribution in [0.3, 0.4) is 0 Å². The lowest BCUT2D eigenvalue weighted by Crippen LogP contribution is -2.05. The molecule has 1 heterocycles. The second-order valence-electron chi connectivity index (χ2n) is 6.54. The van der Waals surface area contributed by atoms with Crippen molar-refractivity contribution in [2.24, 2.45) is 0 Å². The van der Waals surface area contributed by atoms with Gasteiger partial charge in [-0.25, -0.2) is 4.79 Å². The summed E-state index contributed by atoms with van der Waals surface area (Å²) in [6.45, 7) is 3.91. The van der Waals surface area contributed by atoms with Crippen LogP contribution in [-0.4, -0.2) is 7.11 Å². The maximum atomic E-state index is 12.5. The van der Waals surface area contributed by atoms with Crippen molar-refractivity contribution < 1.29 is 13.9 Å². The molecule has 4 nitrogen and oxygen atoms in total. The summed E-state index contributed by atoms with van der Waals surface area (Å²) in [7, 11) is 1.57. The number of fused-ring (bicyclic) bond motifs is 3. The first-order valence-electron chi connectivity index (χ1n) is 8.84. The number of hydrogen-bond acceptors (Lipinski definition) is 4. The van der Waals surface area contributed by atoms with Crippen LogP contribution in [0, 0.1) is 6.92 Å². The lowest BCUT2D eigenvalue weighted by atomic mass is 10.0. The Balaban J connectivity index is 1.82. The summed E-state index contributed by atoms with van der Waals surface area (Å²) in [6, 6.07) is 19.3. The predicted octanol–water partition coefficient (Wildman–Crippen LogP) is 5.40. The number of ether oxygens (including phenoxy) is 2. The van der Waals surface area contributed by atoms with E-state index in [-0.39, 0.29) is 11.7 Å². The Morgan fingerprint density at radius 3 is 2.41 bits per heavy atom. The van der Waals surface area contributed by atoms with Crippen LogP contribution in [0.1, 0.15) is 24.2 Å². The summed E-state index contributed by atoms with van der Waals surface area (Å²) < 4.78 is 17.0. The van der Waals surface area contributed by atoms with E-state index in [0.29, 0.717) is 22.5 Å². The van der Waals surface area contributed by atoms with Crippen LogP contribution in [0.15, 0.2) is 69.9 Å². The third kappa shape index (κ3) is 3.04. The molecule has 0 radical (unpaired) electrons. The average molecular weight is 360 g/mol. The molecule has 0 fully saturated rings. The third-order valence-corrected chi connectivity index (χ3v) is 4.86. The van der Waals surface area contributed by atoms with Gasteiger partial charge in [0, 0.05) is 16.3 Å². The number of aryl methyl sites for hydroxylation is 1. The molecule has 0 N–H and O–H groups in total. The van der Waals surface area contributed by atoms with Crippen molar-refractivity contribution in [2.45, 2.75) is 20.0 Å². The third-order valence-electron chi connectivity index (χ3n) is 4.86. The normalized spacial score (nSPS) is 12.3. The van der Waals surface area contributed by atoms with Crippen molar-refractivity contribution in [3.63, 3.8) is 0 Å². The molecule has 136 valence electrons. The molecule has 4 rings (SSSR count). The van der Waals surface area contributed by atoms with Gasteiger partial charge in [-0.3, -0.25) is 0 Å². The highest BCUT2D eigenvalue weighted by Gasteiger charge is 2.15. The molecule has 0 spiro atoms. The fourth-order valence-corrected chi connectivity index (χ4v) is 3.33. The Hall–Kier alpha value is -3.27. The summed E-state index contributed by atoms with van der Waals surface area (Å²) in [5.74, 6) is 1.33. The van der Waals surface area contributed by atoms with Crippen molar-refractivity contribution in [1.82, 2.24) is 0 Å². The molecular formula is C23H20O4. The number of benzene rings is 3. The van der Waals surface area contributed by atoms with Gasteiger partial charge in [-0.05, 0) is 49.7 Å². The second-order valence-corrected chi connectivity index (χ2v) is 6.54. The lowest BCUT2D eigenvalue weighted by molar-refractivity contribution is 0.225. The summed E-state index contributed by atoms with van der Waals surface area (Å²) >= 11 is 0. The average Bonchev–Trinajstić information content (AvgIpc) is 2.71. The Bertz CT molecular complexity index is 1180. The van der Waals surface area contributed by atoms with E-state index in [1.807, 2.05) is 68.4 Å². The van der Waals surface area contributed by atoms with Gasteiger partial charge in [-0.15, -0.1) is 0 Å². The summed E-state index contributed by atoms with van der Waals surface area (Å²) in [5.41, 5.74) is 2.07. The minimum absolute atomic E-state index is 0.112. The monoisotopic (exact) mass is 360 g/mol. The van der Waals surface area contributed by atoms with Crippen molar-refractivity contribution in [3.8, 4) is 11.5 Å². The van der Waals surface area contributed by atoms with E-state index >= 15 is 0 Å². The molecular weight excluding hydrogens is 340 g/mol. The van der Waals surface area contributed by atoms with Gasteiger partial charge in [0.1, 0.15) is 23.2 Å². The van der Waals surface area contributed by atoms with Gasteiger partial charge >= 0.3 is 5.63 Å². The van der Waals surface area contributed by atoms with Crippen LogP contribution in [0.5, 0.6) is 11.5 Å². The molecule has 0 saturated carbocycles. The fraction of sp³-hybridized carbons (Fsp3) is 0.174. The van der Waals surface area contributed by atoms with E-state index in [1.165, 1.54) is 0 Å². The van der Waals surface area contributed by atoms with Crippen molar-refractivity contribution in [1.29, 1.82) is 0 Å². The van der Waals surface area contributed by atoms with E-state index in [4.69, 9.17) is 13.9 Å².